The third kappa shape index (κ3) is 4.13. The summed E-state index contributed by atoms with van der Waals surface area (Å²) in [6.45, 7) is 2.64. The number of rotatable bonds is 5. The average molecular weight is 239 g/mol. The van der Waals surface area contributed by atoms with E-state index in [1.807, 2.05) is 0 Å². The summed E-state index contributed by atoms with van der Waals surface area (Å²) < 4.78 is 4.83. The summed E-state index contributed by atoms with van der Waals surface area (Å²) in [5.41, 5.74) is 11.0. The van der Waals surface area contributed by atoms with Gasteiger partial charge in [-0.1, -0.05) is 0 Å². The summed E-state index contributed by atoms with van der Waals surface area (Å²) in [5.74, 6) is 0.757. The maximum atomic E-state index is 11.2. The molecule has 0 aliphatic carbocycles. The Morgan fingerprint density at radius 2 is 2.18 bits per heavy atom. The van der Waals surface area contributed by atoms with Gasteiger partial charge in [0, 0.05) is 19.7 Å². The third-order valence-corrected chi connectivity index (χ3v) is 2.10. The van der Waals surface area contributed by atoms with Crippen molar-refractivity contribution >= 4 is 23.6 Å². The monoisotopic (exact) mass is 239 g/mol. The zero-order valence-electron chi connectivity index (χ0n) is 10.0. The Balaban J connectivity index is 2.57. The highest BCUT2D eigenvalue weighted by atomic mass is 16.5. The molecule has 0 bridgehead atoms. The number of nitrogens with two attached hydrogens (primary N) is 2. The molecule has 0 spiro atoms. The Labute approximate surface area is 99.8 Å². The molecule has 7 heteroatoms. The van der Waals surface area contributed by atoms with E-state index < -0.39 is 0 Å². The van der Waals surface area contributed by atoms with E-state index in [4.69, 9.17) is 16.2 Å². The van der Waals surface area contributed by atoms with Crippen molar-refractivity contribution < 1.29 is 9.53 Å². The largest absolute Gasteiger partial charge is 0.466 e. The molecular weight excluding hydrogens is 222 g/mol. The van der Waals surface area contributed by atoms with E-state index >= 15 is 0 Å². The number of nitrogen functional groups attached to an aromatic ring is 2. The number of aromatic nitrogens is 2. The van der Waals surface area contributed by atoms with Crippen LogP contribution in [0.4, 0.5) is 17.6 Å². The number of esters is 1. The Morgan fingerprint density at radius 3 is 2.76 bits per heavy atom. The summed E-state index contributed by atoms with van der Waals surface area (Å²) in [6.07, 6.45) is 0.286. The van der Waals surface area contributed by atoms with Gasteiger partial charge in [0.15, 0.2) is 0 Å². The van der Waals surface area contributed by atoms with Crippen LogP contribution in [0.5, 0.6) is 0 Å². The van der Waals surface area contributed by atoms with Gasteiger partial charge in [-0.2, -0.15) is 9.97 Å². The molecule has 0 amide bonds. The van der Waals surface area contributed by atoms with Crippen LogP contribution in [0.2, 0.25) is 0 Å². The molecular formula is C10H17N5O2. The van der Waals surface area contributed by atoms with Crippen LogP contribution in [0, 0.1) is 0 Å². The number of hydrogen-bond acceptors (Lipinski definition) is 7. The topological polar surface area (TPSA) is 107 Å². The molecule has 1 aromatic rings. The van der Waals surface area contributed by atoms with Crippen LogP contribution in [-0.4, -0.2) is 36.1 Å². The van der Waals surface area contributed by atoms with Crippen molar-refractivity contribution in [2.24, 2.45) is 0 Å². The fraction of sp³-hybridized carbons (Fsp3) is 0.500. The lowest BCUT2D eigenvalue weighted by Crippen LogP contribution is -2.23. The summed E-state index contributed by atoms with van der Waals surface area (Å²) in [6, 6.07) is 1.60. The van der Waals surface area contributed by atoms with Crippen LogP contribution in [0.25, 0.3) is 0 Å². The molecule has 0 saturated heterocycles. The molecule has 7 nitrogen and oxygen atoms in total. The first kappa shape index (κ1) is 13.0. The molecule has 4 N–H and O–H groups in total. The zero-order chi connectivity index (χ0) is 12.8. The van der Waals surface area contributed by atoms with E-state index in [0.717, 1.165) is 0 Å². The summed E-state index contributed by atoms with van der Waals surface area (Å²) >= 11 is 0. The predicted molar refractivity (Wildman–Crippen MR) is 65.4 cm³/mol. The van der Waals surface area contributed by atoms with Gasteiger partial charge in [0.2, 0.25) is 5.95 Å². The number of carbonyl (C=O) groups excluding carboxylic acids is 1. The molecule has 0 unspecified atom stereocenters. The summed E-state index contributed by atoms with van der Waals surface area (Å²) in [7, 11) is 1.79. The van der Waals surface area contributed by atoms with Crippen molar-refractivity contribution in [2.45, 2.75) is 13.3 Å². The van der Waals surface area contributed by atoms with E-state index in [0.29, 0.717) is 24.8 Å². The van der Waals surface area contributed by atoms with Gasteiger partial charge >= 0.3 is 5.97 Å². The Morgan fingerprint density at radius 1 is 1.47 bits per heavy atom. The first-order valence-corrected chi connectivity index (χ1v) is 5.29. The van der Waals surface area contributed by atoms with Crippen molar-refractivity contribution in [3.05, 3.63) is 6.07 Å². The van der Waals surface area contributed by atoms with Crippen molar-refractivity contribution in [1.82, 2.24) is 9.97 Å². The predicted octanol–water partition coefficient (Wildman–Crippen LogP) is 0.0304. The molecule has 0 aromatic carbocycles. The van der Waals surface area contributed by atoms with Gasteiger partial charge in [0.25, 0.3) is 0 Å². The lowest BCUT2D eigenvalue weighted by molar-refractivity contribution is -0.142. The first-order valence-electron chi connectivity index (χ1n) is 5.29. The van der Waals surface area contributed by atoms with E-state index in [-0.39, 0.29) is 18.3 Å². The quantitative estimate of drug-likeness (QED) is 0.698. The van der Waals surface area contributed by atoms with Crippen molar-refractivity contribution in [3.8, 4) is 0 Å². The first-order chi connectivity index (χ1) is 8.02. The summed E-state index contributed by atoms with van der Waals surface area (Å²) in [5, 5.41) is 0. The SMILES string of the molecule is CCOC(=O)CCN(C)c1cc(N)nc(N)n1. The Kier molecular flexibility index (Phi) is 4.50. The fourth-order valence-electron chi connectivity index (χ4n) is 1.27. The van der Waals surface area contributed by atoms with Crippen LogP contribution in [0.1, 0.15) is 13.3 Å². The second kappa shape index (κ2) is 5.88. The lowest BCUT2D eigenvalue weighted by atomic mass is 10.4. The molecule has 0 aliphatic heterocycles. The number of ether oxygens (including phenoxy) is 1. The molecule has 1 aromatic heterocycles. The van der Waals surface area contributed by atoms with Gasteiger partial charge in [-0.15, -0.1) is 0 Å². The van der Waals surface area contributed by atoms with Crippen molar-refractivity contribution in [3.63, 3.8) is 0 Å². The number of carbonyl (C=O) groups is 1. The van der Waals surface area contributed by atoms with E-state index in [9.17, 15) is 4.79 Å². The second-order valence-corrected chi connectivity index (χ2v) is 3.49. The minimum Gasteiger partial charge on any atom is -0.466 e. The number of anilines is 3. The summed E-state index contributed by atoms with van der Waals surface area (Å²) in [4.78, 5) is 20.7. The van der Waals surface area contributed by atoms with Crippen LogP contribution >= 0.6 is 0 Å². The zero-order valence-corrected chi connectivity index (χ0v) is 10.0. The normalized spacial score (nSPS) is 10.0. The van der Waals surface area contributed by atoms with Gasteiger partial charge in [-0.3, -0.25) is 4.79 Å². The van der Waals surface area contributed by atoms with Crippen LogP contribution in [0.3, 0.4) is 0 Å². The minimum absolute atomic E-state index is 0.114. The van der Waals surface area contributed by atoms with E-state index in [1.165, 1.54) is 0 Å². The highest BCUT2D eigenvalue weighted by molar-refractivity contribution is 5.70. The molecule has 1 heterocycles. The van der Waals surface area contributed by atoms with E-state index in [1.54, 1.807) is 24.9 Å². The maximum absolute atomic E-state index is 11.2. The molecule has 94 valence electrons. The Hall–Kier alpha value is -2.05. The molecule has 17 heavy (non-hydrogen) atoms. The standard InChI is InChI=1S/C10H17N5O2/c1-3-17-9(16)4-5-15(2)8-6-7(11)13-10(12)14-8/h6H,3-5H2,1-2H3,(H4,11,12,13,14). The highest BCUT2D eigenvalue weighted by Crippen LogP contribution is 2.13. The smallest absolute Gasteiger partial charge is 0.307 e. The van der Waals surface area contributed by atoms with Crippen molar-refractivity contribution in [2.75, 3.05) is 36.6 Å². The van der Waals surface area contributed by atoms with Gasteiger partial charge in [0.05, 0.1) is 13.0 Å². The number of hydrogen-bond donors (Lipinski definition) is 2. The van der Waals surface area contributed by atoms with Crippen LogP contribution in [-0.2, 0) is 9.53 Å². The van der Waals surface area contributed by atoms with Gasteiger partial charge < -0.3 is 21.1 Å². The molecule has 0 radical (unpaired) electrons. The minimum atomic E-state index is -0.241. The van der Waals surface area contributed by atoms with Gasteiger partial charge in [0.1, 0.15) is 11.6 Å². The highest BCUT2D eigenvalue weighted by Gasteiger charge is 2.08. The van der Waals surface area contributed by atoms with Gasteiger partial charge in [-0.25, -0.2) is 0 Å². The molecule has 0 fully saturated rings. The van der Waals surface area contributed by atoms with Gasteiger partial charge in [-0.05, 0) is 6.92 Å². The third-order valence-electron chi connectivity index (χ3n) is 2.10. The lowest BCUT2D eigenvalue weighted by Gasteiger charge is -2.17. The average Bonchev–Trinajstić information content (AvgIpc) is 2.25. The molecule has 0 saturated carbocycles. The molecule has 0 aliphatic rings. The van der Waals surface area contributed by atoms with Crippen LogP contribution in [0.15, 0.2) is 6.07 Å². The molecule has 0 atom stereocenters. The fourth-order valence-corrected chi connectivity index (χ4v) is 1.27. The molecule has 1 rings (SSSR count). The van der Waals surface area contributed by atoms with E-state index in [2.05, 4.69) is 9.97 Å². The number of nitrogens with zero attached hydrogens (tertiary/aromatic N) is 3. The Bertz CT molecular complexity index is 376. The van der Waals surface area contributed by atoms with Crippen molar-refractivity contribution in [1.29, 1.82) is 0 Å². The second-order valence-electron chi connectivity index (χ2n) is 3.49. The van der Waals surface area contributed by atoms with Crippen LogP contribution < -0.4 is 16.4 Å². The maximum Gasteiger partial charge on any atom is 0.307 e.